The Morgan fingerprint density at radius 1 is 0.500 bits per heavy atom. The van der Waals surface area contributed by atoms with E-state index in [1.165, 1.54) is 104 Å². The van der Waals surface area contributed by atoms with E-state index >= 15 is 0 Å². The van der Waals surface area contributed by atoms with Gasteiger partial charge < -0.3 is 0 Å². The predicted octanol–water partition coefficient (Wildman–Crippen LogP) is 12.9. The lowest BCUT2D eigenvalue weighted by atomic mass is 9.85. The fourth-order valence-corrected chi connectivity index (χ4v) is 7.35. The smallest absolute Gasteiger partial charge is 0.0257 e. The maximum absolute atomic E-state index is 4.03. The van der Waals surface area contributed by atoms with Crippen molar-refractivity contribution in [2.24, 2.45) is 23.7 Å². The molecule has 4 rings (SSSR count). The summed E-state index contributed by atoms with van der Waals surface area (Å²) in [6.07, 6.45) is 12.9. The number of hydrogen-bond donors (Lipinski definition) is 0. The molecule has 0 aliphatic carbocycles. The van der Waals surface area contributed by atoms with Crippen LogP contribution in [0.15, 0.2) is 45.3 Å². The molecule has 0 heterocycles. The van der Waals surface area contributed by atoms with E-state index in [-0.39, 0.29) is 0 Å². The lowest BCUT2D eigenvalue weighted by molar-refractivity contribution is 0.437. The van der Waals surface area contributed by atoms with Crippen LogP contribution >= 0.6 is 31.9 Å². The van der Waals surface area contributed by atoms with Gasteiger partial charge in [-0.2, -0.15) is 0 Å². The first-order chi connectivity index (χ1) is 18.2. The van der Waals surface area contributed by atoms with Crippen LogP contribution < -0.4 is 0 Å². The molecule has 0 saturated carbocycles. The summed E-state index contributed by atoms with van der Waals surface area (Å²) in [6.45, 7) is 14.2. The summed E-state index contributed by atoms with van der Waals surface area (Å²) in [6, 6.07) is 14.3. The molecule has 4 aromatic rings. The molecule has 2 unspecified atom stereocenters. The monoisotopic (exact) mass is 638 g/mol. The Morgan fingerprint density at radius 2 is 0.974 bits per heavy atom. The third-order valence-corrected chi connectivity index (χ3v) is 10.1. The SMILES string of the molecule is CC(C)CCCC(C)CCc1cc2c(Br)cc(CCC(C)CCCC(C)C)c3ccc4c(Br)ccc1c4c23. The number of halogens is 2. The summed E-state index contributed by atoms with van der Waals surface area (Å²) in [4.78, 5) is 0. The van der Waals surface area contributed by atoms with Crippen LogP contribution in [0.3, 0.4) is 0 Å². The van der Waals surface area contributed by atoms with E-state index in [2.05, 4.69) is 110 Å². The van der Waals surface area contributed by atoms with Crippen molar-refractivity contribution in [2.45, 2.75) is 106 Å². The van der Waals surface area contributed by atoms with E-state index in [1.54, 1.807) is 0 Å². The van der Waals surface area contributed by atoms with Gasteiger partial charge in [-0.25, -0.2) is 0 Å². The Hall–Kier alpha value is -1.12. The van der Waals surface area contributed by atoms with E-state index in [4.69, 9.17) is 0 Å². The van der Waals surface area contributed by atoms with Crippen LogP contribution in [-0.2, 0) is 12.8 Å². The second kappa shape index (κ2) is 13.5. The van der Waals surface area contributed by atoms with Gasteiger partial charge in [-0.1, -0.05) is 130 Å². The zero-order valence-electron chi connectivity index (χ0n) is 24.6. The third-order valence-electron chi connectivity index (χ3n) is 8.74. The molecule has 0 radical (unpaired) electrons. The minimum Gasteiger partial charge on any atom is -0.0628 e. The van der Waals surface area contributed by atoms with Crippen molar-refractivity contribution in [2.75, 3.05) is 0 Å². The maximum Gasteiger partial charge on any atom is 0.0257 e. The van der Waals surface area contributed by atoms with Crippen LogP contribution in [0.4, 0.5) is 0 Å². The summed E-state index contributed by atoms with van der Waals surface area (Å²) in [5.41, 5.74) is 3.00. The molecule has 0 saturated heterocycles. The van der Waals surface area contributed by atoms with Crippen molar-refractivity contribution >= 4 is 64.2 Å². The lowest BCUT2D eigenvalue weighted by Crippen LogP contribution is -2.02. The molecular formula is C36H48Br2. The zero-order valence-corrected chi connectivity index (χ0v) is 27.8. The molecule has 0 spiro atoms. The normalized spacial score (nSPS) is 14.1. The van der Waals surface area contributed by atoms with Crippen LogP contribution in [0, 0.1) is 23.7 Å². The Bertz CT molecular complexity index is 1330. The number of aryl methyl sites for hydroxylation is 2. The van der Waals surface area contributed by atoms with Gasteiger partial charge in [-0.3, -0.25) is 0 Å². The van der Waals surface area contributed by atoms with E-state index in [1.807, 2.05) is 0 Å². The standard InChI is InChI=1S/C36H48Br2/c1-23(2)9-7-11-25(5)13-15-27-21-32-34(38)22-28(16-14-26(6)12-8-10-24(3)4)29-17-18-31-33(37)20-19-30(27)35(31)36(29)32/h17-26H,7-16H2,1-6H3. The van der Waals surface area contributed by atoms with Gasteiger partial charge in [0, 0.05) is 8.95 Å². The van der Waals surface area contributed by atoms with Crippen molar-refractivity contribution in [3.8, 4) is 0 Å². The molecule has 0 amide bonds. The van der Waals surface area contributed by atoms with Gasteiger partial charge in [0.2, 0.25) is 0 Å². The van der Waals surface area contributed by atoms with Crippen molar-refractivity contribution < 1.29 is 0 Å². The largest absolute Gasteiger partial charge is 0.0628 e. The highest BCUT2D eigenvalue weighted by atomic mass is 79.9. The number of benzene rings is 4. The summed E-state index contributed by atoms with van der Waals surface area (Å²) >= 11 is 7.90. The molecule has 4 aromatic carbocycles. The minimum atomic E-state index is 0.770. The highest BCUT2D eigenvalue weighted by Gasteiger charge is 2.18. The Balaban J connectivity index is 1.64. The summed E-state index contributed by atoms with van der Waals surface area (Å²) < 4.78 is 2.46. The van der Waals surface area contributed by atoms with E-state index in [0.717, 1.165) is 36.5 Å². The molecule has 0 aliphatic heterocycles. The first-order valence-electron chi connectivity index (χ1n) is 15.2. The Labute approximate surface area is 248 Å². The molecule has 38 heavy (non-hydrogen) atoms. The van der Waals surface area contributed by atoms with Gasteiger partial charge in [0.05, 0.1) is 0 Å². The average molecular weight is 641 g/mol. The second-order valence-electron chi connectivity index (χ2n) is 13.0. The molecule has 0 N–H and O–H groups in total. The molecule has 2 heteroatoms. The minimum absolute atomic E-state index is 0.770. The van der Waals surface area contributed by atoms with Gasteiger partial charge in [0.1, 0.15) is 0 Å². The summed E-state index contributed by atoms with van der Waals surface area (Å²) in [5.74, 6) is 3.17. The van der Waals surface area contributed by atoms with Gasteiger partial charge in [0.15, 0.2) is 0 Å². The van der Waals surface area contributed by atoms with Gasteiger partial charge >= 0.3 is 0 Å². The van der Waals surface area contributed by atoms with E-state index in [0.29, 0.717) is 0 Å². The number of rotatable bonds is 14. The van der Waals surface area contributed by atoms with Crippen molar-refractivity contribution in [3.05, 3.63) is 56.5 Å². The van der Waals surface area contributed by atoms with E-state index in [9.17, 15) is 0 Å². The van der Waals surface area contributed by atoms with Gasteiger partial charge in [-0.05, 0) is 111 Å². The van der Waals surface area contributed by atoms with Crippen molar-refractivity contribution in [1.29, 1.82) is 0 Å². The number of hydrogen-bond acceptors (Lipinski definition) is 0. The zero-order chi connectivity index (χ0) is 27.4. The van der Waals surface area contributed by atoms with Crippen molar-refractivity contribution in [3.63, 3.8) is 0 Å². The van der Waals surface area contributed by atoms with Crippen LogP contribution in [0.2, 0.25) is 0 Å². The molecule has 0 fully saturated rings. The van der Waals surface area contributed by atoms with Gasteiger partial charge in [-0.15, -0.1) is 0 Å². The van der Waals surface area contributed by atoms with Crippen LogP contribution in [0.1, 0.15) is 104 Å². The molecule has 206 valence electrons. The highest BCUT2D eigenvalue weighted by Crippen LogP contribution is 2.44. The topological polar surface area (TPSA) is 0 Å². The fourth-order valence-electron chi connectivity index (χ4n) is 6.30. The molecular weight excluding hydrogens is 592 g/mol. The quantitative estimate of drug-likeness (QED) is 0.120. The first-order valence-corrected chi connectivity index (χ1v) is 16.8. The Kier molecular flexibility index (Phi) is 10.6. The molecule has 2 atom stereocenters. The van der Waals surface area contributed by atoms with Crippen LogP contribution in [0.25, 0.3) is 32.3 Å². The maximum atomic E-state index is 4.03. The molecule has 0 nitrogen and oxygen atoms in total. The molecule has 0 aromatic heterocycles. The fraction of sp³-hybridized carbons (Fsp3) is 0.556. The molecule has 0 aliphatic rings. The van der Waals surface area contributed by atoms with Gasteiger partial charge in [0.25, 0.3) is 0 Å². The summed E-state index contributed by atoms with van der Waals surface area (Å²) in [7, 11) is 0. The molecule has 0 bridgehead atoms. The Morgan fingerprint density at radius 3 is 1.53 bits per heavy atom. The van der Waals surface area contributed by atoms with E-state index < -0.39 is 0 Å². The average Bonchev–Trinajstić information content (AvgIpc) is 2.86. The summed E-state index contributed by atoms with van der Waals surface area (Å²) in [5, 5.41) is 8.52. The lowest BCUT2D eigenvalue weighted by Gasteiger charge is -2.20. The van der Waals surface area contributed by atoms with Crippen molar-refractivity contribution in [1.82, 2.24) is 0 Å². The highest BCUT2D eigenvalue weighted by molar-refractivity contribution is 9.11. The predicted molar refractivity (Wildman–Crippen MR) is 178 cm³/mol. The third kappa shape index (κ3) is 7.14. The second-order valence-corrected chi connectivity index (χ2v) is 14.8. The first kappa shape index (κ1) is 29.9. The van der Waals surface area contributed by atoms with Crippen LogP contribution in [0.5, 0.6) is 0 Å². The van der Waals surface area contributed by atoms with Crippen LogP contribution in [-0.4, -0.2) is 0 Å².